The fraction of sp³-hybridized carbons (Fsp3) is 0.160. The van der Waals surface area contributed by atoms with Gasteiger partial charge in [-0.1, -0.05) is 24.3 Å². The minimum absolute atomic E-state index is 0.257. The quantitative estimate of drug-likeness (QED) is 0.375. The maximum absolute atomic E-state index is 12.4. The van der Waals surface area contributed by atoms with Crippen LogP contribution in [0.15, 0.2) is 79.1 Å². The van der Waals surface area contributed by atoms with Crippen LogP contribution in [0.5, 0.6) is 5.75 Å². The van der Waals surface area contributed by atoms with Crippen LogP contribution in [0.2, 0.25) is 0 Å². The molecule has 1 heterocycles. The lowest BCUT2D eigenvalue weighted by molar-refractivity contribution is -0.274. The van der Waals surface area contributed by atoms with Crippen LogP contribution >= 0.6 is 0 Å². The number of nitrogens with one attached hydrogen (secondary N) is 1. The van der Waals surface area contributed by atoms with Crippen molar-refractivity contribution in [2.24, 2.45) is 0 Å². The van der Waals surface area contributed by atoms with E-state index < -0.39 is 12.5 Å². The van der Waals surface area contributed by atoms with E-state index in [1.165, 1.54) is 40.8 Å². The number of amides is 1. The van der Waals surface area contributed by atoms with Crippen LogP contribution in [0.4, 0.5) is 23.7 Å². The summed E-state index contributed by atoms with van der Waals surface area (Å²) in [5.41, 5.74) is 4.02. The SMILES string of the molecule is O=C(Nc1ccc(-c2ncn(-c3ccc(OC(F)(F)F)cc3)n2)cc1)OC1CCc2ccccc21. The first kappa shape index (κ1) is 22.5. The van der Waals surface area contributed by atoms with Crippen LogP contribution in [0.1, 0.15) is 23.7 Å². The normalized spacial score (nSPS) is 14.9. The monoisotopic (exact) mass is 480 g/mol. The molecule has 0 fully saturated rings. The van der Waals surface area contributed by atoms with Crippen molar-refractivity contribution in [3.05, 3.63) is 90.3 Å². The fourth-order valence-electron chi connectivity index (χ4n) is 3.94. The van der Waals surface area contributed by atoms with Gasteiger partial charge in [-0.25, -0.2) is 14.5 Å². The maximum atomic E-state index is 12.4. The number of halogens is 3. The molecule has 10 heteroatoms. The van der Waals surface area contributed by atoms with Crippen LogP contribution in [-0.4, -0.2) is 27.2 Å². The molecule has 1 unspecified atom stereocenters. The number of hydrogen-bond acceptors (Lipinski definition) is 5. The molecule has 1 aliphatic rings. The van der Waals surface area contributed by atoms with Gasteiger partial charge in [0.1, 0.15) is 18.2 Å². The molecule has 0 aliphatic heterocycles. The summed E-state index contributed by atoms with van der Waals surface area (Å²) in [6.45, 7) is 0. The molecule has 7 nitrogen and oxygen atoms in total. The Kier molecular flexibility index (Phi) is 5.86. The van der Waals surface area contributed by atoms with Gasteiger partial charge in [-0.2, -0.15) is 0 Å². The van der Waals surface area contributed by atoms with Gasteiger partial charge in [0, 0.05) is 11.3 Å². The second kappa shape index (κ2) is 9.13. The van der Waals surface area contributed by atoms with Gasteiger partial charge in [-0.15, -0.1) is 18.3 Å². The first-order valence-corrected chi connectivity index (χ1v) is 10.8. The number of fused-ring (bicyclic) bond motifs is 1. The molecule has 1 N–H and O–H groups in total. The Morgan fingerprint density at radius 2 is 1.74 bits per heavy atom. The van der Waals surface area contributed by atoms with Crippen molar-refractivity contribution in [3.63, 3.8) is 0 Å². The fourth-order valence-corrected chi connectivity index (χ4v) is 3.94. The lowest BCUT2D eigenvalue weighted by Crippen LogP contribution is -2.17. The zero-order chi connectivity index (χ0) is 24.4. The molecule has 1 amide bonds. The topological polar surface area (TPSA) is 78.3 Å². The van der Waals surface area contributed by atoms with Crippen LogP contribution in [-0.2, 0) is 11.2 Å². The largest absolute Gasteiger partial charge is 0.573 e. The molecular weight excluding hydrogens is 461 g/mol. The standard InChI is InChI=1S/C25H19F3N4O3/c26-25(27,28)35-20-12-10-19(11-13-20)32-15-29-23(31-32)17-5-8-18(9-6-17)30-24(33)34-22-14-7-16-3-1-2-4-21(16)22/h1-6,8-13,15,22H,7,14H2,(H,30,33). The van der Waals surface area contributed by atoms with Crippen LogP contribution in [0, 0.1) is 0 Å². The number of aryl methyl sites for hydroxylation is 1. The molecule has 0 bridgehead atoms. The van der Waals surface area contributed by atoms with Gasteiger partial charge >= 0.3 is 12.5 Å². The molecule has 1 atom stereocenters. The van der Waals surface area contributed by atoms with E-state index in [4.69, 9.17) is 4.74 Å². The molecule has 0 saturated heterocycles. The van der Waals surface area contributed by atoms with Crippen molar-refractivity contribution in [2.45, 2.75) is 25.3 Å². The maximum Gasteiger partial charge on any atom is 0.573 e. The van der Waals surface area contributed by atoms with Gasteiger partial charge in [0.15, 0.2) is 5.82 Å². The molecule has 3 aromatic carbocycles. The van der Waals surface area contributed by atoms with E-state index in [9.17, 15) is 18.0 Å². The number of aromatic nitrogens is 3. The Hall–Kier alpha value is -4.34. The number of alkyl halides is 3. The molecule has 1 aromatic heterocycles. The Bertz CT molecular complexity index is 1340. The van der Waals surface area contributed by atoms with Gasteiger partial charge in [-0.3, -0.25) is 5.32 Å². The predicted octanol–water partition coefficient (Wildman–Crippen LogP) is 6.07. The molecule has 1 aliphatic carbocycles. The summed E-state index contributed by atoms with van der Waals surface area (Å²) < 4.78 is 47.9. The van der Waals surface area contributed by atoms with Crippen LogP contribution in [0.3, 0.4) is 0 Å². The van der Waals surface area contributed by atoms with Crippen molar-refractivity contribution >= 4 is 11.8 Å². The van der Waals surface area contributed by atoms with Crippen LogP contribution in [0.25, 0.3) is 17.1 Å². The van der Waals surface area contributed by atoms with E-state index in [2.05, 4.69) is 20.1 Å². The third-order valence-electron chi connectivity index (χ3n) is 5.54. The number of nitrogens with zero attached hydrogens (tertiary/aromatic N) is 3. The summed E-state index contributed by atoms with van der Waals surface area (Å²) in [4.78, 5) is 16.6. The summed E-state index contributed by atoms with van der Waals surface area (Å²) in [5.74, 6) is 0.0950. The third-order valence-corrected chi connectivity index (χ3v) is 5.54. The van der Waals surface area contributed by atoms with E-state index in [1.54, 1.807) is 24.3 Å². The highest BCUT2D eigenvalue weighted by atomic mass is 19.4. The Labute approximate surface area is 198 Å². The molecule has 0 saturated carbocycles. The first-order valence-electron chi connectivity index (χ1n) is 10.8. The lowest BCUT2D eigenvalue weighted by atomic mass is 10.1. The Morgan fingerprint density at radius 3 is 2.49 bits per heavy atom. The predicted molar refractivity (Wildman–Crippen MR) is 121 cm³/mol. The molecule has 0 spiro atoms. The number of carbonyl (C=O) groups excluding carboxylic acids is 1. The number of ether oxygens (including phenoxy) is 2. The summed E-state index contributed by atoms with van der Waals surface area (Å²) >= 11 is 0. The number of rotatable bonds is 5. The van der Waals surface area contributed by atoms with Crippen molar-refractivity contribution in [1.29, 1.82) is 0 Å². The van der Waals surface area contributed by atoms with Gasteiger partial charge in [0.25, 0.3) is 0 Å². The number of anilines is 1. The van der Waals surface area contributed by atoms with Crippen molar-refractivity contribution < 1.29 is 27.4 Å². The van der Waals surface area contributed by atoms with Crippen LogP contribution < -0.4 is 10.1 Å². The Morgan fingerprint density at radius 1 is 1.00 bits per heavy atom. The zero-order valence-corrected chi connectivity index (χ0v) is 18.2. The van der Waals surface area contributed by atoms with E-state index in [-0.39, 0.29) is 11.9 Å². The zero-order valence-electron chi connectivity index (χ0n) is 18.2. The van der Waals surface area contributed by atoms with Gasteiger partial charge in [0.2, 0.25) is 0 Å². The van der Waals surface area contributed by atoms with Crippen molar-refractivity contribution in [1.82, 2.24) is 14.8 Å². The molecule has 5 rings (SSSR count). The molecule has 4 aromatic rings. The third kappa shape index (κ3) is 5.26. The number of hydrogen-bond donors (Lipinski definition) is 1. The summed E-state index contributed by atoms with van der Waals surface area (Å²) in [5, 5.41) is 7.10. The number of benzene rings is 3. The highest BCUT2D eigenvalue weighted by Gasteiger charge is 2.31. The Balaban J connectivity index is 1.21. The summed E-state index contributed by atoms with van der Waals surface area (Å²) in [6.07, 6.45) is -2.43. The van der Waals surface area contributed by atoms with Gasteiger partial charge in [-0.05, 0) is 72.5 Å². The molecular formula is C25H19F3N4O3. The van der Waals surface area contributed by atoms with E-state index >= 15 is 0 Å². The van der Waals surface area contributed by atoms with E-state index in [0.717, 1.165) is 18.4 Å². The number of carbonyl (C=O) groups is 1. The molecule has 35 heavy (non-hydrogen) atoms. The van der Waals surface area contributed by atoms with Crippen molar-refractivity contribution in [3.8, 4) is 22.8 Å². The summed E-state index contributed by atoms with van der Waals surface area (Å²) in [6, 6.07) is 20.2. The second-order valence-electron chi connectivity index (χ2n) is 7.89. The second-order valence-corrected chi connectivity index (χ2v) is 7.89. The average Bonchev–Trinajstić information content (AvgIpc) is 3.47. The van der Waals surface area contributed by atoms with E-state index in [0.29, 0.717) is 22.8 Å². The summed E-state index contributed by atoms with van der Waals surface area (Å²) in [7, 11) is 0. The van der Waals surface area contributed by atoms with Crippen molar-refractivity contribution in [2.75, 3.05) is 5.32 Å². The minimum Gasteiger partial charge on any atom is -0.441 e. The lowest BCUT2D eigenvalue weighted by Gasteiger charge is -2.14. The highest BCUT2D eigenvalue weighted by Crippen LogP contribution is 2.34. The minimum atomic E-state index is -4.75. The first-order chi connectivity index (χ1) is 16.8. The smallest absolute Gasteiger partial charge is 0.441 e. The molecule has 0 radical (unpaired) electrons. The van der Waals surface area contributed by atoms with Gasteiger partial charge < -0.3 is 9.47 Å². The van der Waals surface area contributed by atoms with E-state index in [1.807, 2.05) is 24.3 Å². The highest BCUT2D eigenvalue weighted by molar-refractivity contribution is 5.85. The van der Waals surface area contributed by atoms with Gasteiger partial charge in [0.05, 0.1) is 5.69 Å². The molecule has 178 valence electrons. The average molecular weight is 480 g/mol.